The van der Waals surface area contributed by atoms with E-state index in [1.54, 1.807) is 19.4 Å². The zero-order valence-electron chi connectivity index (χ0n) is 8.01. The molecule has 0 radical (unpaired) electrons. The van der Waals surface area contributed by atoms with Crippen LogP contribution in [0.5, 0.6) is 0 Å². The van der Waals surface area contributed by atoms with E-state index in [9.17, 15) is 5.11 Å². The number of hydrogen-bond acceptors (Lipinski definition) is 4. The van der Waals surface area contributed by atoms with Gasteiger partial charge in [-0.05, 0) is 6.92 Å². The van der Waals surface area contributed by atoms with Crippen molar-refractivity contribution < 1.29 is 5.11 Å². The molecule has 0 amide bonds. The Morgan fingerprint density at radius 2 is 2.36 bits per heavy atom. The first-order chi connectivity index (χ1) is 6.68. The van der Waals surface area contributed by atoms with Gasteiger partial charge in [0.2, 0.25) is 0 Å². The van der Waals surface area contributed by atoms with Gasteiger partial charge in [-0.3, -0.25) is 0 Å². The monoisotopic (exact) mass is 209 g/mol. The molecule has 2 heterocycles. The molecule has 0 saturated carbocycles. The molecule has 14 heavy (non-hydrogen) atoms. The Balaban J connectivity index is 2.39. The van der Waals surface area contributed by atoms with Crippen LogP contribution in [0.1, 0.15) is 18.7 Å². The first-order valence-corrected chi connectivity index (χ1v) is 5.16. The number of aryl methyl sites for hydroxylation is 1. The fourth-order valence-electron chi connectivity index (χ4n) is 1.16. The van der Waals surface area contributed by atoms with Crippen LogP contribution in [-0.2, 0) is 7.05 Å². The molecule has 2 aromatic rings. The average Bonchev–Trinajstić information content (AvgIpc) is 2.71. The maximum atomic E-state index is 9.33. The summed E-state index contributed by atoms with van der Waals surface area (Å²) in [5.41, 5.74) is 1.69. The number of rotatable bonds is 2. The van der Waals surface area contributed by atoms with Crippen molar-refractivity contribution in [3.05, 3.63) is 23.6 Å². The standard InChI is InChI=1S/C9H11N3OS/c1-6(13)7-4-14-9(11-7)8-3-10-5-12(8)2/h3-6,13H,1-2H3. The van der Waals surface area contributed by atoms with Crippen LogP contribution in [-0.4, -0.2) is 19.6 Å². The topological polar surface area (TPSA) is 50.9 Å². The van der Waals surface area contributed by atoms with Crippen molar-refractivity contribution in [2.75, 3.05) is 0 Å². The van der Waals surface area contributed by atoms with Gasteiger partial charge in [0.1, 0.15) is 5.01 Å². The van der Waals surface area contributed by atoms with Crippen LogP contribution >= 0.6 is 11.3 Å². The van der Waals surface area contributed by atoms with Crippen molar-refractivity contribution >= 4 is 11.3 Å². The number of thiazole rings is 1. The summed E-state index contributed by atoms with van der Waals surface area (Å²) in [5.74, 6) is 0. The van der Waals surface area contributed by atoms with Gasteiger partial charge in [-0.25, -0.2) is 9.97 Å². The molecule has 1 N–H and O–H groups in total. The van der Waals surface area contributed by atoms with Crippen LogP contribution < -0.4 is 0 Å². The SMILES string of the molecule is CC(O)c1csc(-c2cncn2C)n1. The molecule has 2 rings (SSSR count). The van der Waals surface area contributed by atoms with Crippen molar-refractivity contribution in [3.8, 4) is 10.7 Å². The van der Waals surface area contributed by atoms with Gasteiger partial charge in [-0.1, -0.05) is 0 Å². The van der Waals surface area contributed by atoms with Gasteiger partial charge in [-0.2, -0.15) is 0 Å². The van der Waals surface area contributed by atoms with Crippen molar-refractivity contribution in [1.82, 2.24) is 14.5 Å². The largest absolute Gasteiger partial charge is 0.387 e. The fraction of sp³-hybridized carbons (Fsp3) is 0.333. The summed E-state index contributed by atoms with van der Waals surface area (Å²) in [5, 5.41) is 12.1. The average molecular weight is 209 g/mol. The molecule has 0 spiro atoms. The van der Waals surface area contributed by atoms with Crippen LogP contribution in [0.2, 0.25) is 0 Å². The molecular weight excluding hydrogens is 198 g/mol. The molecule has 0 fully saturated rings. The minimum absolute atomic E-state index is 0.506. The number of aromatic nitrogens is 3. The minimum atomic E-state index is -0.506. The molecule has 0 bridgehead atoms. The van der Waals surface area contributed by atoms with E-state index in [1.807, 2.05) is 17.0 Å². The smallest absolute Gasteiger partial charge is 0.141 e. The lowest BCUT2D eigenvalue weighted by molar-refractivity contribution is 0.195. The summed E-state index contributed by atoms with van der Waals surface area (Å²) < 4.78 is 1.91. The first-order valence-electron chi connectivity index (χ1n) is 4.28. The number of hydrogen-bond donors (Lipinski definition) is 1. The summed E-state index contributed by atoms with van der Waals surface area (Å²) in [6, 6.07) is 0. The summed E-state index contributed by atoms with van der Waals surface area (Å²) in [7, 11) is 1.92. The molecule has 1 atom stereocenters. The van der Waals surface area contributed by atoms with E-state index in [0.29, 0.717) is 5.69 Å². The fourth-order valence-corrected chi connectivity index (χ4v) is 2.12. The van der Waals surface area contributed by atoms with Gasteiger partial charge in [0.05, 0.1) is 30.0 Å². The molecule has 4 nitrogen and oxygen atoms in total. The van der Waals surface area contributed by atoms with Gasteiger partial charge in [0.25, 0.3) is 0 Å². The number of imidazole rings is 1. The van der Waals surface area contributed by atoms with E-state index in [0.717, 1.165) is 10.7 Å². The minimum Gasteiger partial charge on any atom is -0.387 e. The molecular formula is C9H11N3OS. The Morgan fingerprint density at radius 3 is 2.86 bits per heavy atom. The van der Waals surface area contributed by atoms with E-state index < -0.39 is 6.10 Å². The highest BCUT2D eigenvalue weighted by atomic mass is 32.1. The Bertz CT molecular complexity index is 433. The van der Waals surface area contributed by atoms with Crippen LogP contribution in [0, 0.1) is 0 Å². The predicted octanol–water partition coefficient (Wildman–Crippen LogP) is 1.60. The van der Waals surface area contributed by atoms with Crippen LogP contribution in [0.3, 0.4) is 0 Å². The highest BCUT2D eigenvalue weighted by Crippen LogP contribution is 2.25. The third-order valence-corrected chi connectivity index (χ3v) is 2.87. The summed E-state index contributed by atoms with van der Waals surface area (Å²) >= 11 is 1.52. The number of aliphatic hydroxyl groups is 1. The van der Waals surface area contributed by atoms with Crippen molar-refractivity contribution in [1.29, 1.82) is 0 Å². The zero-order valence-corrected chi connectivity index (χ0v) is 8.82. The van der Waals surface area contributed by atoms with Gasteiger partial charge >= 0.3 is 0 Å². The summed E-state index contributed by atoms with van der Waals surface area (Å²) in [4.78, 5) is 8.34. The molecule has 0 saturated heterocycles. The van der Waals surface area contributed by atoms with E-state index in [2.05, 4.69) is 9.97 Å². The van der Waals surface area contributed by atoms with E-state index in [4.69, 9.17) is 0 Å². The van der Waals surface area contributed by atoms with Crippen molar-refractivity contribution in [3.63, 3.8) is 0 Å². The molecule has 1 unspecified atom stereocenters. The first kappa shape index (κ1) is 9.36. The molecule has 0 aromatic carbocycles. The van der Waals surface area contributed by atoms with E-state index in [-0.39, 0.29) is 0 Å². The quantitative estimate of drug-likeness (QED) is 0.817. The van der Waals surface area contributed by atoms with Crippen LogP contribution in [0.4, 0.5) is 0 Å². The lowest BCUT2D eigenvalue weighted by Crippen LogP contribution is -1.92. The molecule has 0 aliphatic carbocycles. The van der Waals surface area contributed by atoms with Crippen LogP contribution in [0.25, 0.3) is 10.7 Å². The maximum absolute atomic E-state index is 9.33. The predicted molar refractivity (Wildman–Crippen MR) is 54.9 cm³/mol. The number of nitrogens with zero attached hydrogens (tertiary/aromatic N) is 3. The summed E-state index contributed by atoms with van der Waals surface area (Å²) in [6.45, 7) is 1.71. The molecule has 0 aliphatic rings. The lowest BCUT2D eigenvalue weighted by Gasteiger charge is -1.98. The second kappa shape index (κ2) is 3.51. The maximum Gasteiger partial charge on any atom is 0.141 e. The van der Waals surface area contributed by atoms with Gasteiger partial charge in [-0.15, -0.1) is 11.3 Å². The van der Waals surface area contributed by atoms with Crippen LogP contribution in [0.15, 0.2) is 17.9 Å². The molecule has 0 aliphatic heterocycles. The van der Waals surface area contributed by atoms with Gasteiger partial charge < -0.3 is 9.67 Å². The Kier molecular flexibility index (Phi) is 2.35. The Morgan fingerprint density at radius 1 is 1.57 bits per heavy atom. The van der Waals surface area contributed by atoms with Crippen molar-refractivity contribution in [2.45, 2.75) is 13.0 Å². The van der Waals surface area contributed by atoms with E-state index >= 15 is 0 Å². The summed E-state index contributed by atoms with van der Waals surface area (Å²) in [6.07, 6.45) is 3.00. The van der Waals surface area contributed by atoms with E-state index in [1.165, 1.54) is 11.3 Å². The second-order valence-electron chi connectivity index (χ2n) is 3.14. The third kappa shape index (κ3) is 1.56. The normalized spacial score (nSPS) is 13.1. The van der Waals surface area contributed by atoms with Gasteiger partial charge in [0, 0.05) is 12.4 Å². The zero-order chi connectivity index (χ0) is 10.1. The van der Waals surface area contributed by atoms with Gasteiger partial charge in [0.15, 0.2) is 0 Å². The second-order valence-corrected chi connectivity index (χ2v) is 4.00. The Labute approximate surface area is 85.9 Å². The number of aliphatic hydroxyl groups excluding tert-OH is 1. The molecule has 74 valence electrons. The molecule has 2 aromatic heterocycles. The molecule has 5 heteroatoms. The highest BCUT2D eigenvalue weighted by Gasteiger charge is 2.10. The third-order valence-electron chi connectivity index (χ3n) is 1.99. The highest BCUT2D eigenvalue weighted by molar-refractivity contribution is 7.13. The van der Waals surface area contributed by atoms with Crippen molar-refractivity contribution in [2.24, 2.45) is 7.05 Å². The lowest BCUT2D eigenvalue weighted by atomic mass is 10.3. The Hall–Kier alpha value is -1.20.